The van der Waals surface area contributed by atoms with E-state index in [4.69, 9.17) is 12.8 Å². The van der Waals surface area contributed by atoms with Crippen LogP contribution in [0.1, 0.15) is 27.2 Å². The molecule has 0 heterocycles. The van der Waals surface area contributed by atoms with Gasteiger partial charge in [0, 0.05) is 17.8 Å². The molecule has 0 aromatic rings. The second kappa shape index (κ2) is 8.51. The quantitative estimate of drug-likeness (QED) is 0.594. The Hall–Kier alpha value is -2.64. The van der Waals surface area contributed by atoms with E-state index in [0.717, 1.165) is 6.42 Å². The molecule has 21 heavy (non-hydrogen) atoms. The minimum absolute atomic E-state index is 0.0125. The van der Waals surface area contributed by atoms with Crippen molar-refractivity contribution in [2.24, 2.45) is 29.6 Å². The SMILES string of the molecule is C#CC#CC1C(C#CC#CC)CC(C)C(C#C)C1C#CC. The summed E-state index contributed by atoms with van der Waals surface area (Å²) < 4.78 is 0. The summed E-state index contributed by atoms with van der Waals surface area (Å²) in [6.45, 7) is 5.75. The Morgan fingerprint density at radius 3 is 2.14 bits per heavy atom. The van der Waals surface area contributed by atoms with Crippen molar-refractivity contribution in [1.82, 2.24) is 0 Å². The summed E-state index contributed by atoms with van der Waals surface area (Å²) in [5.41, 5.74) is 0. The Bertz CT molecular complexity index is 692. The van der Waals surface area contributed by atoms with Crippen LogP contribution in [0.25, 0.3) is 0 Å². The van der Waals surface area contributed by atoms with Crippen LogP contribution in [0.3, 0.4) is 0 Å². The van der Waals surface area contributed by atoms with Crippen molar-refractivity contribution >= 4 is 0 Å². The summed E-state index contributed by atoms with van der Waals surface area (Å²) in [6, 6.07) is 0. The summed E-state index contributed by atoms with van der Waals surface area (Å²) >= 11 is 0. The number of hydrogen-bond donors (Lipinski definition) is 0. The third-order valence-corrected chi connectivity index (χ3v) is 3.71. The van der Waals surface area contributed by atoms with Gasteiger partial charge in [0.1, 0.15) is 0 Å². The molecular weight excluding hydrogens is 252 g/mol. The Morgan fingerprint density at radius 1 is 0.810 bits per heavy atom. The lowest BCUT2D eigenvalue weighted by molar-refractivity contribution is 0.180. The third-order valence-electron chi connectivity index (χ3n) is 3.71. The molecule has 0 radical (unpaired) electrons. The van der Waals surface area contributed by atoms with Crippen LogP contribution in [-0.2, 0) is 0 Å². The Morgan fingerprint density at radius 2 is 1.57 bits per heavy atom. The molecule has 1 fully saturated rings. The van der Waals surface area contributed by atoms with Crippen molar-refractivity contribution in [3.05, 3.63) is 0 Å². The first-order valence-corrected chi connectivity index (χ1v) is 6.96. The minimum Gasteiger partial charge on any atom is -0.120 e. The minimum atomic E-state index is -0.0168. The average molecular weight is 270 g/mol. The van der Waals surface area contributed by atoms with Gasteiger partial charge >= 0.3 is 0 Å². The van der Waals surface area contributed by atoms with Crippen LogP contribution in [0.2, 0.25) is 0 Å². The molecule has 0 amide bonds. The van der Waals surface area contributed by atoms with Gasteiger partial charge < -0.3 is 0 Å². The lowest BCUT2D eigenvalue weighted by atomic mass is 9.63. The zero-order chi connectivity index (χ0) is 15.7. The highest BCUT2D eigenvalue weighted by Gasteiger charge is 2.40. The number of rotatable bonds is 0. The van der Waals surface area contributed by atoms with Gasteiger partial charge in [-0.25, -0.2) is 0 Å². The number of hydrogen-bond acceptors (Lipinski definition) is 0. The second-order valence-electron chi connectivity index (χ2n) is 5.02. The van der Waals surface area contributed by atoms with Crippen LogP contribution in [-0.4, -0.2) is 0 Å². The van der Waals surface area contributed by atoms with E-state index in [0.29, 0.717) is 5.92 Å². The molecule has 0 aliphatic heterocycles. The molecule has 1 aliphatic carbocycles. The van der Waals surface area contributed by atoms with Gasteiger partial charge in [0.05, 0.1) is 5.92 Å². The second-order valence-corrected chi connectivity index (χ2v) is 5.02. The molecule has 5 unspecified atom stereocenters. The maximum absolute atomic E-state index is 5.71. The summed E-state index contributed by atoms with van der Waals surface area (Å²) in [4.78, 5) is 0. The fourth-order valence-corrected chi connectivity index (χ4v) is 2.79. The normalized spacial score (nSPS) is 29.3. The lowest BCUT2D eigenvalue weighted by Crippen LogP contribution is -2.37. The van der Waals surface area contributed by atoms with Crippen molar-refractivity contribution in [2.45, 2.75) is 27.2 Å². The van der Waals surface area contributed by atoms with E-state index in [2.05, 4.69) is 66.1 Å². The van der Waals surface area contributed by atoms with Crippen LogP contribution in [0.4, 0.5) is 0 Å². The first-order valence-electron chi connectivity index (χ1n) is 6.96. The fraction of sp³-hybridized carbons (Fsp3) is 0.429. The zero-order valence-corrected chi connectivity index (χ0v) is 12.7. The summed E-state index contributed by atoms with van der Waals surface area (Å²) in [7, 11) is 0. The van der Waals surface area contributed by atoms with E-state index in [9.17, 15) is 0 Å². The molecular formula is C21H18. The molecule has 5 atom stereocenters. The maximum atomic E-state index is 5.71. The van der Waals surface area contributed by atoms with Gasteiger partial charge in [0.15, 0.2) is 0 Å². The van der Waals surface area contributed by atoms with E-state index in [-0.39, 0.29) is 23.7 Å². The van der Waals surface area contributed by atoms with Gasteiger partial charge in [-0.05, 0) is 49.9 Å². The van der Waals surface area contributed by atoms with Gasteiger partial charge in [-0.2, -0.15) is 0 Å². The van der Waals surface area contributed by atoms with Crippen molar-refractivity contribution in [1.29, 1.82) is 0 Å². The highest BCUT2D eigenvalue weighted by Crippen LogP contribution is 2.41. The fourth-order valence-electron chi connectivity index (χ4n) is 2.79. The van der Waals surface area contributed by atoms with Gasteiger partial charge in [-0.1, -0.05) is 30.6 Å². The molecule has 0 spiro atoms. The van der Waals surface area contributed by atoms with E-state index in [1.54, 1.807) is 6.92 Å². The first kappa shape index (κ1) is 16.4. The highest BCUT2D eigenvalue weighted by molar-refractivity contribution is 5.33. The van der Waals surface area contributed by atoms with Crippen LogP contribution in [0.15, 0.2) is 0 Å². The van der Waals surface area contributed by atoms with Gasteiger partial charge in [0.2, 0.25) is 0 Å². The maximum Gasteiger partial charge on any atom is 0.0500 e. The molecule has 0 aromatic carbocycles. The van der Waals surface area contributed by atoms with E-state index < -0.39 is 0 Å². The largest absolute Gasteiger partial charge is 0.120 e. The predicted molar refractivity (Wildman–Crippen MR) is 87.9 cm³/mol. The van der Waals surface area contributed by atoms with Crippen LogP contribution in [0, 0.1) is 102 Å². The molecule has 0 N–H and O–H groups in total. The van der Waals surface area contributed by atoms with Crippen molar-refractivity contribution in [3.63, 3.8) is 0 Å². The zero-order valence-electron chi connectivity index (χ0n) is 12.7. The van der Waals surface area contributed by atoms with Gasteiger partial charge in [-0.3, -0.25) is 0 Å². The average Bonchev–Trinajstić information content (AvgIpc) is 2.47. The van der Waals surface area contributed by atoms with Crippen LogP contribution in [0.5, 0.6) is 0 Å². The molecule has 0 aromatic heterocycles. The van der Waals surface area contributed by atoms with E-state index >= 15 is 0 Å². The molecule has 1 saturated carbocycles. The van der Waals surface area contributed by atoms with Crippen molar-refractivity contribution in [3.8, 4) is 72.1 Å². The lowest BCUT2D eigenvalue weighted by Gasteiger charge is -2.38. The van der Waals surface area contributed by atoms with Crippen LogP contribution >= 0.6 is 0 Å². The molecule has 102 valence electrons. The molecule has 0 saturated heterocycles. The molecule has 0 heteroatoms. The highest BCUT2D eigenvalue weighted by atomic mass is 14.4. The van der Waals surface area contributed by atoms with Crippen LogP contribution < -0.4 is 0 Å². The Kier molecular flexibility index (Phi) is 6.66. The smallest absolute Gasteiger partial charge is 0.0500 e. The van der Waals surface area contributed by atoms with Gasteiger partial charge in [-0.15, -0.1) is 24.7 Å². The van der Waals surface area contributed by atoms with Crippen molar-refractivity contribution in [2.75, 3.05) is 0 Å². The monoisotopic (exact) mass is 270 g/mol. The molecule has 1 rings (SSSR count). The Balaban J connectivity index is 3.27. The third kappa shape index (κ3) is 4.16. The molecule has 1 aliphatic rings. The topological polar surface area (TPSA) is 0 Å². The van der Waals surface area contributed by atoms with E-state index in [1.165, 1.54) is 0 Å². The molecule has 0 bridgehead atoms. The van der Waals surface area contributed by atoms with E-state index in [1.807, 2.05) is 6.92 Å². The standard InChI is InChI=1S/C21H18/c1-6-10-12-14-18-16-17(5)19(9-4)21(13-8-3)20(18)15-11-7-2/h2,4,17-21H,16H2,1,3,5H3. The number of terminal acetylenes is 2. The van der Waals surface area contributed by atoms with Gasteiger partial charge in [0.25, 0.3) is 0 Å². The van der Waals surface area contributed by atoms with Crippen molar-refractivity contribution < 1.29 is 0 Å². The predicted octanol–water partition coefficient (Wildman–Crippen LogP) is 2.81. The molecule has 0 nitrogen and oxygen atoms in total. The summed E-state index contributed by atoms with van der Waals surface area (Å²) in [5.74, 6) is 29.5. The Labute approximate surface area is 129 Å². The summed E-state index contributed by atoms with van der Waals surface area (Å²) in [5, 5.41) is 0. The first-order chi connectivity index (χ1) is 10.2. The summed E-state index contributed by atoms with van der Waals surface area (Å²) in [6.07, 6.45) is 11.9.